The molecule has 0 radical (unpaired) electrons. The zero-order valence-corrected chi connectivity index (χ0v) is 23.2. The summed E-state index contributed by atoms with van der Waals surface area (Å²) in [4.78, 5) is 48.4. The van der Waals surface area contributed by atoms with Crippen molar-refractivity contribution in [3.05, 3.63) is 61.2 Å². The van der Waals surface area contributed by atoms with Gasteiger partial charge in [-0.2, -0.15) is 8.78 Å². The summed E-state index contributed by atoms with van der Waals surface area (Å²) in [6, 6.07) is 6.64. The lowest BCUT2D eigenvalue weighted by Crippen LogP contribution is -2.34. The first-order valence-electron chi connectivity index (χ1n) is 11.7. The summed E-state index contributed by atoms with van der Waals surface area (Å²) in [6.45, 7) is -2.20. The van der Waals surface area contributed by atoms with Crippen molar-refractivity contribution in [3.63, 3.8) is 0 Å². The van der Waals surface area contributed by atoms with Gasteiger partial charge in [0.15, 0.2) is 16.7 Å². The van der Waals surface area contributed by atoms with E-state index in [1.807, 2.05) is 22.6 Å². The molecule has 2 fully saturated rings. The van der Waals surface area contributed by atoms with Gasteiger partial charge >= 0.3 is 23.2 Å². The van der Waals surface area contributed by atoms with Crippen LogP contribution in [0.15, 0.2) is 36.4 Å². The van der Waals surface area contributed by atoms with Gasteiger partial charge in [0.2, 0.25) is 0 Å². The molecular weight excluding hydrogens is 675 g/mol. The average molecular weight is 694 g/mol. The molecule has 4 rings (SSSR count). The molecule has 2 aliphatic rings. The van der Waals surface area contributed by atoms with Crippen molar-refractivity contribution in [3.8, 4) is 11.5 Å². The van der Waals surface area contributed by atoms with E-state index in [1.54, 1.807) is 0 Å². The predicted molar refractivity (Wildman–Crippen MR) is 137 cm³/mol. The normalized spacial score (nSPS) is 20.1. The Bertz CT molecular complexity index is 1500. The lowest BCUT2D eigenvalue weighted by atomic mass is 9.89. The van der Waals surface area contributed by atoms with Gasteiger partial charge in [-0.25, -0.2) is 18.0 Å². The molecular formula is C24H19F2INO11S-. The zero-order chi connectivity index (χ0) is 29.4. The second-order valence-electron chi connectivity index (χ2n) is 9.34. The standard InChI is InChI=1S/C24H20F2INO11S/c25-24(26,40(34,35)36)11-37-21(29)18-10-15(4-6-19(18)28(32)33)38-22(30)16-5-3-14(27)9-20(16)39-23(31)17-8-12-1-2-13(17)7-12/h3-6,9-10,12-13,17H,1-2,7-8,11H2,(H,34,35,36)/p-1. The third-order valence-electron chi connectivity index (χ3n) is 6.75. The third-order valence-corrected chi connectivity index (χ3v) is 8.27. The second kappa shape index (κ2) is 11.3. The van der Waals surface area contributed by atoms with Gasteiger partial charge in [0.1, 0.15) is 22.6 Å². The van der Waals surface area contributed by atoms with Gasteiger partial charge in [-0.3, -0.25) is 14.9 Å². The first-order valence-corrected chi connectivity index (χ1v) is 14.2. The van der Waals surface area contributed by atoms with E-state index in [0.717, 1.165) is 31.4 Å². The van der Waals surface area contributed by atoms with Crippen molar-refractivity contribution in [2.75, 3.05) is 6.61 Å². The Hall–Kier alpha value is -3.25. The fourth-order valence-electron chi connectivity index (χ4n) is 4.83. The minimum absolute atomic E-state index is 0.0766. The van der Waals surface area contributed by atoms with E-state index in [2.05, 4.69) is 4.74 Å². The van der Waals surface area contributed by atoms with Gasteiger partial charge < -0.3 is 18.8 Å². The molecule has 3 unspecified atom stereocenters. The van der Waals surface area contributed by atoms with Crippen molar-refractivity contribution in [2.45, 2.75) is 30.9 Å². The fourth-order valence-corrected chi connectivity index (χ4v) is 5.50. The number of benzene rings is 2. The minimum Gasteiger partial charge on any atom is -0.743 e. The smallest absolute Gasteiger partial charge is 0.367 e. The minimum atomic E-state index is -6.19. The number of halogens is 3. The maximum absolute atomic E-state index is 13.4. The van der Waals surface area contributed by atoms with Crippen LogP contribution in [-0.4, -0.2) is 47.7 Å². The van der Waals surface area contributed by atoms with Gasteiger partial charge in [-0.15, -0.1) is 0 Å². The number of rotatable bonds is 9. The third kappa shape index (κ3) is 6.38. The molecule has 0 saturated heterocycles. The van der Waals surface area contributed by atoms with Crippen molar-refractivity contribution in [1.82, 2.24) is 0 Å². The van der Waals surface area contributed by atoms with Crippen LogP contribution in [0.25, 0.3) is 0 Å². The maximum atomic E-state index is 13.4. The molecule has 0 spiro atoms. The van der Waals surface area contributed by atoms with E-state index < -0.39 is 61.8 Å². The topological polar surface area (TPSA) is 179 Å². The highest BCUT2D eigenvalue weighted by Gasteiger charge is 2.44. The second-order valence-corrected chi connectivity index (χ2v) is 12.1. The molecule has 2 aromatic rings. The predicted octanol–water partition coefficient (Wildman–Crippen LogP) is 4.06. The van der Waals surface area contributed by atoms with E-state index in [-0.39, 0.29) is 23.1 Å². The van der Waals surface area contributed by atoms with E-state index in [9.17, 15) is 46.2 Å². The zero-order valence-electron chi connectivity index (χ0n) is 20.2. The molecule has 214 valence electrons. The molecule has 2 aliphatic carbocycles. The number of alkyl halides is 2. The molecule has 2 aromatic carbocycles. The van der Waals surface area contributed by atoms with E-state index in [1.165, 1.54) is 18.2 Å². The van der Waals surface area contributed by atoms with E-state index in [0.29, 0.717) is 22.0 Å². The van der Waals surface area contributed by atoms with E-state index >= 15 is 0 Å². The average Bonchev–Trinajstić information content (AvgIpc) is 3.50. The number of carbonyl (C=O) groups is 3. The van der Waals surface area contributed by atoms with Crippen LogP contribution in [0, 0.1) is 31.4 Å². The number of ether oxygens (including phenoxy) is 3. The summed E-state index contributed by atoms with van der Waals surface area (Å²) in [5.41, 5.74) is -2.06. The molecule has 0 aromatic heterocycles. The van der Waals surface area contributed by atoms with Gasteiger partial charge in [-0.05, 0) is 78.0 Å². The van der Waals surface area contributed by atoms with Crippen molar-refractivity contribution >= 4 is 56.3 Å². The molecule has 0 N–H and O–H groups in total. The Labute approximate surface area is 239 Å². The van der Waals surface area contributed by atoms with Crippen LogP contribution in [-0.2, 0) is 19.6 Å². The number of fused-ring (bicyclic) bond motifs is 2. The monoisotopic (exact) mass is 694 g/mol. The Morgan fingerprint density at radius 3 is 2.35 bits per heavy atom. The lowest BCUT2D eigenvalue weighted by molar-refractivity contribution is -0.385. The molecule has 2 saturated carbocycles. The molecule has 0 amide bonds. The van der Waals surface area contributed by atoms with E-state index in [4.69, 9.17) is 9.47 Å². The largest absolute Gasteiger partial charge is 0.743 e. The van der Waals surface area contributed by atoms with Crippen molar-refractivity contribution < 1.29 is 55.3 Å². The number of nitrogens with zero attached hydrogens (tertiary/aromatic N) is 1. The highest BCUT2D eigenvalue weighted by atomic mass is 127. The van der Waals surface area contributed by atoms with Crippen LogP contribution in [0.5, 0.6) is 11.5 Å². The Balaban J connectivity index is 1.54. The summed E-state index contributed by atoms with van der Waals surface area (Å²) in [7, 11) is -6.19. The van der Waals surface area contributed by atoms with Crippen molar-refractivity contribution in [1.29, 1.82) is 0 Å². The first-order chi connectivity index (χ1) is 18.7. The van der Waals surface area contributed by atoms with Crippen molar-refractivity contribution in [2.24, 2.45) is 17.8 Å². The SMILES string of the molecule is O=C(Oc1ccc([N+](=O)[O-])c(C(=O)OCC(F)(F)S(=O)(=O)[O-])c1)c1ccc(I)cc1OC(=O)C1CC2CCC1C2. The lowest BCUT2D eigenvalue weighted by Gasteiger charge is -2.20. The molecule has 2 bridgehead atoms. The van der Waals surface area contributed by atoms with Gasteiger partial charge in [-0.1, -0.05) is 6.42 Å². The summed E-state index contributed by atoms with van der Waals surface area (Å²) >= 11 is 1.95. The first kappa shape index (κ1) is 29.7. The molecule has 0 aliphatic heterocycles. The van der Waals surface area contributed by atoms with Crippen LogP contribution in [0.1, 0.15) is 46.4 Å². The summed E-state index contributed by atoms with van der Waals surface area (Å²) in [5.74, 6) is -3.42. The number of nitro benzene ring substituents is 1. The molecule has 12 nitrogen and oxygen atoms in total. The highest BCUT2D eigenvalue weighted by molar-refractivity contribution is 14.1. The number of nitro groups is 1. The Morgan fingerprint density at radius 2 is 1.75 bits per heavy atom. The highest BCUT2D eigenvalue weighted by Crippen LogP contribution is 2.48. The van der Waals surface area contributed by atoms with Crippen LogP contribution in [0.3, 0.4) is 0 Å². The van der Waals surface area contributed by atoms with Crippen LogP contribution >= 0.6 is 22.6 Å². The Morgan fingerprint density at radius 1 is 1.02 bits per heavy atom. The molecule has 16 heteroatoms. The van der Waals surface area contributed by atoms with Gasteiger partial charge in [0.05, 0.1) is 10.8 Å². The summed E-state index contributed by atoms with van der Waals surface area (Å²) < 4.78 is 74.2. The Kier molecular flexibility index (Phi) is 8.41. The number of esters is 3. The number of hydrogen-bond acceptors (Lipinski definition) is 11. The van der Waals surface area contributed by atoms with Crippen LogP contribution < -0.4 is 9.47 Å². The number of hydrogen-bond donors (Lipinski definition) is 0. The van der Waals surface area contributed by atoms with Gasteiger partial charge in [0, 0.05) is 15.7 Å². The fraction of sp³-hybridized carbons (Fsp3) is 0.375. The summed E-state index contributed by atoms with van der Waals surface area (Å²) in [5, 5.41) is 6.34. The number of carbonyl (C=O) groups excluding carboxylic acids is 3. The maximum Gasteiger partial charge on any atom is 0.367 e. The molecule has 40 heavy (non-hydrogen) atoms. The van der Waals surface area contributed by atoms with Crippen LogP contribution in [0.2, 0.25) is 0 Å². The summed E-state index contributed by atoms with van der Waals surface area (Å²) in [6.07, 6.45) is 3.67. The molecule has 0 heterocycles. The molecule has 3 atom stereocenters. The van der Waals surface area contributed by atoms with Crippen LogP contribution in [0.4, 0.5) is 14.5 Å². The van der Waals surface area contributed by atoms with Gasteiger partial charge in [0.25, 0.3) is 5.69 Å². The quantitative estimate of drug-likeness (QED) is 0.0923.